The average Bonchev–Trinajstić information content (AvgIpc) is 2.16. The van der Waals surface area contributed by atoms with Crippen LogP contribution in [0.15, 0.2) is 12.7 Å². The Kier molecular flexibility index (Phi) is 4.64. The van der Waals surface area contributed by atoms with Gasteiger partial charge in [0.2, 0.25) is 0 Å². The van der Waals surface area contributed by atoms with Crippen molar-refractivity contribution in [2.45, 2.75) is 51.1 Å². The summed E-state index contributed by atoms with van der Waals surface area (Å²) in [6.45, 7) is 5.66. The summed E-state index contributed by atoms with van der Waals surface area (Å²) in [7, 11) is 0. The van der Waals surface area contributed by atoms with E-state index in [0.717, 1.165) is 6.42 Å². The molecule has 2 unspecified atom stereocenters. The zero-order valence-electron chi connectivity index (χ0n) is 8.47. The van der Waals surface area contributed by atoms with E-state index in [9.17, 15) is 0 Å². The third-order valence-corrected chi connectivity index (χ3v) is 2.52. The van der Waals surface area contributed by atoms with E-state index in [-0.39, 0.29) is 0 Å². The number of piperidine rings is 1. The minimum Gasteiger partial charge on any atom is -0.301 e. The molecule has 72 valence electrons. The van der Waals surface area contributed by atoms with Crippen molar-refractivity contribution in [1.29, 1.82) is 0 Å². The molecule has 13 heavy (non-hydrogen) atoms. The summed E-state index contributed by atoms with van der Waals surface area (Å²) in [4.78, 5) is 0. The van der Waals surface area contributed by atoms with E-state index >= 15 is 0 Å². The van der Waals surface area contributed by atoms with Crippen LogP contribution in [0.1, 0.15) is 39.0 Å². The fraction of sp³-hybridized carbons (Fsp3) is 0.667. The van der Waals surface area contributed by atoms with Crippen LogP contribution in [-0.2, 0) is 0 Å². The van der Waals surface area contributed by atoms with E-state index in [4.69, 9.17) is 0 Å². The first-order chi connectivity index (χ1) is 6.36. The highest BCUT2D eigenvalue weighted by Gasteiger charge is 2.18. The molecule has 1 saturated heterocycles. The lowest BCUT2D eigenvalue weighted by atomic mass is 9.96. The highest BCUT2D eigenvalue weighted by Crippen LogP contribution is 2.15. The van der Waals surface area contributed by atoms with Crippen molar-refractivity contribution in [2.75, 3.05) is 0 Å². The molecule has 1 aliphatic rings. The normalized spacial score (nSPS) is 27.5. The van der Waals surface area contributed by atoms with E-state index in [1.54, 1.807) is 0 Å². The van der Waals surface area contributed by atoms with Crippen molar-refractivity contribution in [2.24, 2.45) is 0 Å². The molecule has 0 aliphatic carbocycles. The number of rotatable bonds is 3. The minimum atomic E-state index is 0.438. The van der Waals surface area contributed by atoms with Crippen LogP contribution < -0.4 is 5.32 Å². The third kappa shape index (κ3) is 3.65. The Morgan fingerprint density at radius 3 is 3.08 bits per heavy atom. The van der Waals surface area contributed by atoms with Crippen LogP contribution in [0.3, 0.4) is 0 Å². The first-order valence-electron chi connectivity index (χ1n) is 5.16. The van der Waals surface area contributed by atoms with Crippen LogP contribution in [-0.4, -0.2) is 12.1 Å². The lowest BCUT2D eigenvalue weighted by Crippen LogP contribution is -2.41. The summed E-state index contributed by atoms with van der Waals surface area (Å²) in [6.07, 6.45) is 8.15. The van der Waals surface area contributed by atoms with Gasteiger partial charge in [-0.05, 0) is 39.0 Å². The Morgan fingerprint density at radius 1 is 1.54 bits per heavy atom. The maximum atomic E-state index is 3.74. The molecule has 1 rings (SSSR count). The Balaban J connectivity index is 2.31. The molecule has 1 nitrogen and oxygen atoms in total. The first kappa shape index (κ1) is 10.3. The molecule has 1 heterocycles. The predicted octanol–water partition coefficient (Wildman–Crippen LogP) is 2.49. The second-order valence-corrected chi connectivity index (χ2v) is 3.61. The quantitative estimate of drug-likeness (QED) is 0.516. The van der Waals surface area contributed by atoms with Crippen LogP contribution in [0.2, 0.25) is 0 Å². The standard InChI is InChI=1S/C12H19N/c1-3-5-8-12-10-6-9-11(13-12)7-4-2/h3,11-13H,1,5-6,8-10H2,2H3. The van der Waals surface area contributed by atoms with Gasteiger partial charge in [-0.25, -0.2) is 0 Å². The van der Waals surface area contributed by atoms with Gasteiger partial charge in [-0.15, -0.1) is 12.5 Å². The molecular weight excluding hydrogens is 158 g/mol. The molecule has 0 aromatic carbocycles. The molecule has 0 aromatic rings. The second-order valence-electron chi connectivity index (χ2n) is 3.61. The van der Waals surface area contributed by atoms with E-state index in [1.165, 1.54) is 25.7 Å². The largest absolute Gasteiger partial charge is 0.301 e. The SMILES string of the molecule is C=CCCC1CCCC(C#CC)N1. The maximum Gasteiger partial charge on any atom is 0.0691 e. The molecule has 1 N–H and O–H groups in total. The van der Waals surface area contributed by atoms with Crippen molar-refractivity contribution in [3.8, 4) is 11.8 Å². The van der Waals surface area contributed by atoms with E-state index in [1.807, 2.05) is 13.0 Å². The van der Waals surface area contributed by atoms with Crippen molar-refractivity contribution >= 4 is 0 Å². The molecule has 0 aromatic heterocycles. The topological polar surface area (TPSA) is 12.0 Å². The molecule has 2 atom stereocenters. The van der Waals surface area contributed by atoms with Crippen LogP contribution in [0, 0.1) is 11.8 Å². The number of hydrogen-bond acceptors (Lipinski definition) is 1. The molecule has 1 aliphatic heterocycles. The smallest absolute Gasteiger partial charge is 0.0691 e. The summed E-state index contributed by atoms with van der Waals surface area (Å²) in [5, 5.41) is 3.57. The van der Waals surface area contributed by atoms with Crippen molar-refractivity contribution in [3.63, 3.8) is 0 Å². The maximum absolute atomic E-state index is 3.74. The summed E-state index contributed by atoms with van der Waals surface area (Å²) in [6, 6.07) is 1.10. The number of hydrogen-bond donors (Lipinski definition) is 1. The highest BCUT2D eigenvalue weighted by atomic mass is 15.0. The van der Waals surface area contributed by atoms with Gasteiger partial charge in [-0.2, -0.15) is 0 Å². The van der Waals surface area contributed by atoms with Gasteiger partial charge in [0, 0.05) is 6.04 Å². The van der Waals surface area contributed by atoms with Gasteiger partial charge in [0.25, 0.3) is 0 Å². The van der Waals surface area contributed by atoms with Gasteiger partial charge in [0.15, 0.2) is 0 Å². The lowest BCUT2D eigenvalue weighted by Gasteiger charge is -2.27. The van der Waals surface area contributed by atoms with Crippen molar-refractivity contribution < 1.29 is 0 Å². The van der Waals surface area contributed by atoms with E-state index in [0.29, 0.717) is 12.1 Å². The van der Waals surface area contributed by atoms with Gasteiger partial charge in [-0.1, -0.05) is 12.0 Å². The molecule has 0 amide bonds. The summed E-state index contributed by atoms with van der Waals surface area (Å²) < 4.78 is 0. The minimum absolute atomic E-state index is 0.438. The average molecular weight is 177 g/mol. The van der Waals surface area contributed by atoms with Gasteiger partial charge in [-0.3, -0.25) is 0 Å². The summed E-state index contributed by atoms with van der Waals surface area (Å²) in [5.74, 6) is 6.19. The van der Waals surface area contributed by atoms with Crippen molar-refractivity contribution in [1.82, 2.24) is 5.32 Å². The number of nitrogens with one attached hydrogen (secondary N) is 1. The molecule has 1 fully saturated rings. The van der Waals surface area contributed by atoms with Crippen LogP contribution in [0.4, 0.5) is 0 Å². The molecule has 0 bridgehead atoms. The van der Waals surface area contributed by atoms with Crippen LogP contribution in [0.25, 0.3) is 0 Å². The highest BCUT2D eigenvalue weighted by molar-refractivity contribution is 5.07. The summed E-state index contributed by atoms with van der Waals surface area (Å²) in [5.41, 5.74) is 0. The fourth-order valence-corrected chi connectivity index (χ4v) is 1.85. The lowest BCUT2D eigenvalue weighted by molar-refractivity contribution is 0.348. The van der Waals surface area contributed by atoms with Crippen LogP contribution in [0.5, 0.6) is 0 Å². The molecule has 1 heteroatoms. The molecule has 0 radical (unpaired) electrons. The molecular formula is C12H19N. The zero-order chi connectivity index (χ0) is 9.52. The fourth-order valence-electron chi connectivity index (χ4n) is 1.85. The Labute approximate surface area is 81.6 Å². The second kappa shape index (κ2) is 5.83. The van der Waals surface area contributed by atoms with Gasteiger partial charge in [0.05, 0.1) is 6.04 Å². The predicted molar refractivity (Wildman–Crippen MR) is 57.4 cm³/mol. The Bertz CT molecular complexity index is 209. The summed E-state index contributed by atoms with van der Waals surface area (Å²) >= 11 is 0. The van der Waals surface area contributed by atoms with Gasteiger partial charge >= 0.3 is 0 Å². The Morgan fingerprint density at radius 2 is 2.38 bits per heavy atom. The zero-order valence-corrected chi connectivity index (χ0v) is 8.47. The molecule has 0 saturated carbocycles. The van der Waals surface area contributed by atoms with E-state index in [2.05, 4.69) is 23.7 Å². The number of allylic oxidation sites excluding steroid dienone is 1. The molecule has 0 spiro atoms. The third-order valence-electron chi connectivity index (χ3n) is 2.52. The van der Waals surface area contributed by atoms with Gasteiger partial charge < -0.3 is 5.32 Å². The monoisotopic (exact) mass is 177 g/mol. The van der Waals surface area contributed by atoms with Gasteiger partial charge in [0.1, 0.15) is 0 Å². The van der Waals surface area contributed by atoms with Crippen molar-refractivity contribution in [3.05, 3.63) is 12.7 Å². The Hall–Kier alpha value is -0.740. The van der Waals surface area contributed by atoms with Crippen LogP contribution >= 0.6 is 0 Å². The van der Waals surface area contributed by atoms with E-state index < -0.39 is 0 Å². The first-order valence-corrected chi connectivity index (χ1v) is 5.16.